The van der Waals surface area contributed by atoms with E-state index in [1.807, 2.05) is 19.1 Å². The summed E-state index contributed by atoms with van der Waals surface area (Å²) in [5.41, 5.74) is 2.37. The van der Waals surface area contributed by atoms with E-state index in [2.05, 4.69) is 10.2 Å². The summed E-state index contributed by atoms with van der Waals surface area (Å²) in [4.78, 5) is 45.5. The van der Waals surface area contributed by atoms with Gasteiger partial charge in [0.05, 0.1) is 5.69 Å². The van der Waals surface area contributed by atoms with Gasteiger partial charge in [0.25, 0.3) is 17.7 Å². The van der Waals surface area contributed by atoms with Gasteiger partial charge in [0.1, 0.15) is 0 Å². The zero-order valence-electron chi connectivity index (χ0n) is 26.6. The van der Waals surface area contributed by atoms with E-state index >= 15 is 8.78 Å². The fourth-order valence-electron chi connectivity index (χ4n) is 6.86. The smallest absolute Gasteiger partial charge is 0.275 e. The lowest BCUT2D eigenvalue weighted by Crippen LogP contribution is -2.48. The Labute approximate surface area is 281 Å². The first-order valence-electron chi connectivity index (χ1n) is 16.2. The van der Waals surface area contributed by atoms with E-state index < -0.39 is 24.2 Å². The molecule has 10 heteroatoms. The zero-order valence-corrected chi connectivity index (χ0v) is 27.4. The molecule has 0 aliphatic carbocycles. The Morgan fingerprint density at radius 2 is 1.49 bits per heavy atom. The Balaban J connectivity index is 0.00000433. The highest BCUT2D eigenvalue weighted by atomic mass is 35.5. The van der Waals surface area contributed by atoms with Crippen molar-refractivity contribution in [3.63, 3.8) is 0 Å². The van der Waals surface area contributed by atoms with Gasteiger partial charge in [-0.1, -0.05) is 42.8 Å². The standard InChI is InChI=1S/C37H40F2N4O3.ClH/c1-26-9-3-4-10-30(26)35(45)40-28-15-13-27(14-16-28)36(46)43-24-19-37(38,39)32(31-11-5-6-12-33(31)43)25-34(44)42-22-17-29(18-23-42)41-20-7-2-8-21-41;/h3-6,9-16,25,29H,2,7-8,17-24H2,1H3,(H,40,45);1H. The minimum absolute atomic E-state index is 0. The number of nitrogens with one attached hydrogen (secondary N) is 1. The monoisotopic (exact) mass is 662 g/mol. The molecule has 7 nitrogen and oxygen atoms in total. The van der Waals surface area contributed by atoms with E-state index in [4.69, 9.17) is 0 Å². The Bertz CT molecular complexity index is 1630. The van der Waals surface area contributed by atoms with Crippen molar-refractivity contribution in [2.45, 2.75) is 57.4 Å². The van der Waals surface area contributed by atoms with E-state index in [0.717, 1.165) is 37.6 Å². The number of piperidine rings is 2. The number of halogens is 3. The molecule has 3 amide bonds. The van der Waals surface area contributed by atoms with Crippen LogP contribution < -0.4 is 10.2 Å². The van der Waals surface area contributed by atoms with Crippen molar-refractivity contribution in [2.24, 2.45) is 0 Å². The van der Waals surface area contributed by atoms with Gasteiger partial charge in [-0.25, -0.2) is 8.78 Å². The Morgan fingerprint density at radius 3 is 2.19 bits per heavy atom. The van der Waals surface area contributed by atoms with Crippen molar-refractivity contribution >= 4 is 47.1 Å². The molecular formula is C37H41ClF2N4O3. The van der Waals surface area contributed by atoms with Crippen molar-refractivity contribution in [1.29, 1.82) is 0 Å². The fourth-order valence-corrected chi connectivity index (χ4v) is 6.86. The molecule has 1 N–H and O–H groups in total. The third-order valence-electron chi connectivity index (χ3n) is 9.50. The predicted molar refractivity (Wildman–Crippen MR) is 184 cm³/mol. The number of fused-ring (bicyclic) bond motifs is 1. The lowest BCUT2D eigenvalue weighted by molar-refractivity contribution is -0.127. The topological polar surface area (TPSA) is 73.0 Å². The molecule has 3 aromatic rings. The number of alkyl halides is 2. The van der Waals surface area contributed by atoms with Crippen LogP contribution >= 0.6 is 12.4 Å². The first kappa shape index (κ1) is 34.3. The van der Waals surface area contributed by atoms with E-state index in [1.54, 1.807) is 65.6 Å². The van der Waals surface area contributed by atoms with Gasteiger partial charge in [-0.3, -0.25) is 14.4 Å². The van der Waals surface area contributed by atoms with Crippen molar-refractivity contribution in [3.8, 4) is 0 Å². The number of nitrogens with zero attached hydrogens (tertiary/aromatic N) is 3. The summed E-state index contributed by atoms with van der Waals surface area (Å²) in [6.45, 7) is 4.91. The molecule has 47 heavy (non-hydrogen) atoms. The fraction of sp³-hybridized carbons (Fsp3) is 0.378. The number of aryl methyl sites for hydroxylation is 1. The third-order valence-corrected chi connectivity index (χ3v) is 9.50. The van der Waals surface area contributed by atoms with Crippen molar-refractivity contribution in [1.82, 2.24) is 9.80 Å². The van der Waals surface area contributed by atoms with Gasteiger partial charge in [0.2, 0.25) is 5.91 Å². The highest BCUT2D eigenvalue weighted by Crippen LogP contribution is 2.43. The number of anilines is 2. The van der Waals surface area contributed by atoms with Gasteiger partial charge in [0, 0.05) is 66.1 Å². The zero-order chi connectivity index (χ0) is 32.3. The minimum Gasteiger partial charge on any atom is -0.339 e. The number of carbonyl (C=O) groups excluding carboxylic acids is 3. The molecule has 0 atom stereocenters. The largest absolute Gasteiger partial charge is 0.339 e. The number of para-hydroxylation sites is 1. The summed E-state index contributed by atoms with van der Waals surface area (Å²) in [5, 5.41) is 2.84. The highest BCUT2D eigenvalue weighted by molar-refractivity contribution is 6.10. The number of hydrogen-bond acceptors (Lipinski definition) is 4. The summed E-state index contributed by atoms with van der Waals surface area (Å²) in [5.74, 6) is -4.42. The Hall–Kier alpha value is -4.08. The average Bonchev–Trinajstić information content (AvgIpc) is 3.18. The number of hydrogen-bond donors (Lipinski definition) is 1. The summed E-state index contributed by atoms with van der Waals surface area (Å²) in [6.07, 6.45) is 5.85. The summed E-state index contributed by atoms with van der Waals surface area (Å²) < 4.78 is 31.6. The highest BCUT2D eigenvalue weighted by Gasteiger charge is 2.42. The first-order chi connectivity index (χ1) is 22.2. The van der Waals surface area contributed by atoms with E-state index in [-0.39, 0.29) is 36.0 Å². The van der Waals surface area contributed by atoms with Crippen LogP contribution in [0.25, 0.3) is 5.57 Å². The molecule has 3 aromatic carbocycles. The van der Waals surface area contributed by atoms with Crippen LogP contribution in [0.3, 0.4) is 0 Å². The molecule has 0 spiro atoms. The molecule has 248 valence electrons. The third kappa shape index (κ3) is 7.57. The lowest BCUT2D eigenvalue weighted by atomic mass is 9.96. The SMILES string of the molecule is Cc1ccccc1C(=O)Nc1ccc(C(=O)N2CCC(F)(F)C(=CC(=O)N3CCC(N4CCCCC4)CC3)c3ccccc32)cc1.Cl. The molecular weight excluding hydrogens is 622 g/mol. The van der Waals surface area contributed by atoms with Crippen LogP contribution in [0.2, 0.25) is 0 Å². The van der Waals surface area contributed by atoms with Gasteiger partial charge in [0.15, 0.2) is 0 Å². The van der Waals surface area contributed by atoms with Crippen LogP contribution in [0, 0.1) is 6.92 Å². The first-order valence-corrected chi connectivity index (χ1v) is 16.2. The van der Waals surface area contributed by atoms with Crippen LogP contribution in [0.1, 0.15) is 70.4 Å². The van der Waals surface area contributed by atoms with Crippen molar-refractivity contribution in [3.05, 3.63) is 101 Å². The van der Waals surface area contributed by atoms with Crippen molar-refractivity contribution < 1.29 is 23.2 Å². The molecule has 6 rings (SSSR count). The van der Waals surface area contributed by atoms with Gasteiger partial charge in [-0.15, -0.1) is 12.4 Å². The molecule has 0 unspecified atom stereocenters. The second-order valence-electron chi connectivity index (χ2n) is 12.5. The number of carbonyl (C=O) groups is 3. The summed E-state index contributed by atoms with van der Waals surface area (Å²) in [6, 6.07) is 20.7. The number of rotatable bonds is 5. The van der Waals surface area contributed by atoms with Gasteiger partial charge >= 0.3 is 0 Å². The number of allylic oxidation sites excluding steroid dienone is 1. The summed E-state index contributed by atoms with van der Waals surface area (Å²) >= 11 is 0. The Morgan fingerprint density at radius 1 is 0.830 bits per heavy atom. The van der Waals surface area contributed by atoms with Crippen LogP contribution in [0.15, 0.2) is 78.9 Å². The van der Waals surface area contributed by atoms with Crippen LogP contribution in [0.5, 0.6) is 0 Å². The van der Waals surface area contributed by atoms with Crippen LogP contribution in [0.4, 0.5) is 20.2 Å². The van der Waals surface area contributed by atoms with Gasteiger partial charge in [-0.2, -0.15) is 0 Å². The maximum Gasteiger partial charge on any atom is 0.275 e. The maximum absolute atomic E-state index is 15.8. The molecule has 3 aliphatic rings. The van der Waals surface area contributed by atoms with Gasteiger partial charge < -0.3 is 20.0 Å². The number of likely N-dealkylation sites (tertiary alicyclic amines) is 2. The van der Waals surface area contributed by atoms with Crippen LogP contribution in [-0.2, 0) is 4.79 Å². The number of benzene rings is 3. The minimum atomic E-state index is -3.31. The summed E-state index contributed by atoms with van der Waals surface area (Å²) in [7, 11) is 0. The molecule has 3 aliphatic heterocycles. The van der Waals surface area contributed by atoms with E-state index in [9.17, 15) is 14.4 Å². The van der Waals surface area contributed by atoms with E-state index in [1.165, 1.54) is 24.2 Å². The lowest BCUT2D eigenvalue weighted by Gasteiger charge is -2.40. The predicted octanol–water partition coefficient (Wildman–Crippen LogP) is 7.22. The maximum atomic E-state index is 15.8. The molecule has 0 saturated carbocycles. The second kappa shape index (κ2) is 14.8. The molecule has 0 radical (unpaired) electrons. The van der Waals surface area contributed by atoms with E-state index in [0.29, 0.717) is 41.6 Å². The Kier molecular flexibility index (Phi) is 10.8. The number of amides is 3. The molecule has 0 aromatic heterocycles. The molecule has 2 fully saturated rings. The molecule has 2 saturated heterocycles. The van der Waals surface area contributed by atoms with Gasteiger partial charge in [-0.05, 0) is 87.7 Å². The van der Waals surface area contributed by atoms with Crippen LogP contribution in [-0.4, -0.2) is 72.2 Å². The average molecular weight is 663 g/mol. The molecule has 3 heterocycles. The normalized spacial score (nSPS) is 19.3. The molecule has 0 bridgehead atoms. The quantitative estimate of drug-likeness (QED) is 0.293. The van der Waals surface area contributed by atoms with Crippen molar-refractivity contribution in [2.75, 3.05) is 42.9 Å². The second-order valence-corrected chi connectivity index (χ2v) is 12.5.